The minimum absolute atomic E-state index is 0.00428. The molecule has 0 amide bonds. The molecule has 36 heavy (non-hydrogen) atoms. The van der Waals surface area contributed by atoms with Crippen molar-refractivity contribution in [2.24, 2.45) is 45.8 Å². The average Bonchev–Trinajstić information content (AvgIpc) is 3.02. The van der Waals surface area contributed by atoms with E-state index in [1.54, 1.807) is 0 Å². The molecule has 0 aliphatic heterocycles. The van der Waals surface area contributed by atoms with Gasteiger partial charge in [-0.15, -0.1) is 6.58 Å². The molecule has 11 atom stereocenters. The third-order valence-electron chi connectivity index (χ3n) is 11.5. The number of carbonyl (C=O) groups is 1. The first-order valence-corrected chi connectivity index (χ1v) is 14.2. The number of hydrogen-bond donors (Lipinski definition) is 4. The maximum absolute atomic E-state index is 13.9. The van der Waals surface area contributed by atoms with Gasteiger partial charge in [-0.3, -0.25) is 10.1 Å². The summed E-state index contributed by atoms with van der Waals surface area (Å²) < 4.78 is 0. The zero-order valence-corrected chi connectivity index (χ0v) is 24.1. The van der Waals surface area contributed by atoms with Crippen LogP contribution in [-0.2, 0) is 4.79 Å². The van der Waals surface area contributed by atoms with Gasteiger partial charge in [-0.05, 0) is 81.7 Å². The molecule has 3 saturated carbocycles. The summed E-state index contributed by atoms with van der Waals surface area (Å²) in [5.41, 5.74) is -0.795. The lowest BCUT2D eigenvalue weighted by Crippen LogP contribution is -2.59. The maximum Gasteiger partial charge on any atom is 0.136 e. The van der Waals surface area contributed by atoms with Crippen LogP contribution in [0.25, 0.3) is 0 Å². The topological polar surface area (TPSA) is 93.0 Å². The van der Waals surface area contributed by atoms with Crippen LogP contribution in [0.15, 0.2) is 12.7 Å². The van der Waals surface area contributed by atoms with E-state index in [1.165, 1.54) is 0 Å². The van der Waals surface area contributed by atoms with Crippen molar-refractivity contribution in [3.63, 3.8) is 0 Å². The summed E-state index contributed by atoms with van der Waals surface area (Å²) in [7, 11) is 4.13. The van der Waals surface area contributed by atoms with Crippen LogP contribution in [-0.4, -0.2) is 71.1 Å². The smallest absolute Gasteiger partial charge is 0.136 e. The van der Waals surface area contributed by atoms with Gasteiger partial charge in [0.1, 0.15) is 12.0 Å². The van der Waals surface area contributed by atoms with Gasteiger partial charge in [-0.1, -0.05) is 40.7 Å². The van der Waals surface area contributed by atoms with Crippen molar-refractivity contribution < 1.29 is 20.1 Å². The van der Waals surface area contributed by atoms with E-state index in [1.807, 2.05) is 19.9 Å². The summed E-state index contributed by atoms with van der Waals surface area (Å²) in [6.45, 7) is 16.8. The molecule has 0 heterocycles. The summed E-state index contributed by atoms with van der Waals surface area (Å²) >= 11 is 0. The minimum atomic E-state index is -0.663. The molecule has 0 saturated heterocycles. The molecule has 0 aromatic rings. The highest BCUT2D eigenvalue weighted by Gasteiger charge is 2.68. The Balaban J connectivity index is 1.90. The van der Waals surface area contributed by atoms with Crippen LogP contribution in [0.2, 0.25) is 0 Å². The summed E-state index contributed by atoms with van der Waals surface area (Å²) in [5.74, 6) is 0.851. The number of aliphatic hydroxyl groups is 3. The lowest BCUT2D eigenvalue weighted by atomic mass is 9.45. The third-order valence-corrected chi connectivity index (χ3v) is 11.5. The number of aliphatic hydroxyl groups excluding tert-OH is 3. The van der Waals surface area contributed by atoms with Crippen LogP contribution in [0.4, 0.5) is 0 Å². The first-order valence-electron chi connectivity index (χ1n) is 14.2. The van der Waals surface area contributed by atoms with Crippen LogP contribution < -0.4 is 5.32 Å². The number of ketones is 1. The van der Waals surface area contributed by atoms with Crippen LogP contribution in [0.1, 0.15) is 80.1 Å². The second-order valence-electron chi connectivity index (χ2n) is 13.8. The molecule has 3 aliphatic carbocycles. The van der Waals surface area contributed by atoms with E-state index in [2.05, 4.69) is 58.6 Å². The molecule has 0 bridgehead atoms. The number of nitrogens with one attached hydrogen (secondary N) is 1. The van der Waals surface area contributed by atoms with E-state index in [0.29, 0.717) is 18.6 Å². The molecular weight excluding hydrogens is 452 g/mol. The van der Waals surface area contributed by atoms with Crippen molar-refractivity contribution in [2.45, 2.75) is 104 Å². The molecule has 0 spiro atoms. The van der Waals surface area contributed by atoms with E-state index in [-0.39, 0.29) is 59.1 Å². The molecule has 3 fully saturated rings. The van der Waals surface area contributed by atoms with Gasteiger partial charge in [-0.2, -0.15) is 0 Å². The largest absolute Gasteiger partial charge is 0.396 e. The molecule has 208 valence electrons. The first-order chi connectivity index (χ1) is 16.7. The zero-order chi connectivity index (χ0) is 27.2. The highest BCUT2D eigenvalue weighted by atomic mass is 16.3. The van der Waals surface area contributed by atoms with Crippen molar-refractivity contribution in [3.8, 4) is 0 Å². The van der Waals surface area contributed by atoms with E-state index in [0.717, 1.165) is 25.7 Å². The maximum atomic E-state index is 13.9. The molecule has 4 N–H and O–H groups in total. The van der Waals surface area contributed by atoms with Crippen molar-refractivity contribution in [2.75, 3.05) is 20.7 Å². The van der Waals surface area contributed by atoms with E-state index >= 15 is 0 Å². The zero-order valence-electron chi connectivity index (χ0n) is 24.1. The molecule has 0 radical (unpaired) electrons. The molecule has 0 aromatic heterocycles. The highest BCUT2D eigenvalue weighted by molar-refractivity contribution is 5.83. The second kappa shape index (κ2) is 10.8. The Morgan fingerprint density at radius 2 is 1.86 bits per heavy atom. The van der Waals surface area contributed by atoms with Gasteiger partial charge in [0.05, 0.1) is 12.7 Å². The van der Waals surface area contributed by atoms with E-state index in [4.69, 9.17) is 0 Å². The van der Waals surface area contributed by atoms with Crippen molar-refractivity contribution in [3.05, 3.63) is 12.7 Å². The Labute approximate surface area is 219 Å². The Bertz CT molecular complexity index is 802. The lowest BCUT2D eigenvalue weighted by Gasteiger charge is -2.59. The Morgan fingerprint density at radius 3 is 2.39 bits per heavy atom. The van der Waals surface area contributed by atoms with Gasteiger partial charge < -0.3 is 20.2 Å². The van der Waals surface area contributed by atoms with Crippen LogP contribution in [0.5, 0.6) is 0 Å². The van der Waals surface area contributed by atoms with Crippen LogP contribution in [0, 0.1) is 45.8 Å². The summed E-state index contributed by atoms with van der Waals surface area (Å²) in [6, 6.07) is 0.0698. The van der Waals surface area contributed by atoms with Crippen LogP contribution in [0.3, 0.4) is 0 Å². The third kappa shape index (κ3) is 4.75. The molecule has 6 nitrogen and oxygen atoms in total. The van der Waals surface area contributed by atoms with Crippen LogP contribution >= 0.6 is 0 Å². The molecule has 7 unspecified atom stereocenters. The minimum Gasteiger partial charge on any atom is -0.396 e. The molecule has 3 rings (SSSR count). The number of hydrogen-bond acceptors (Lipinski definition) is 6. The molecule has 0 aromatic carbocycles. The number of fused-ring (bicyclic) bond motifs is 3. The SMILES string of the molecule is C=CCC(NC(O)C(C)C)[C@@](C)(CO)[C@@H]1CCC2C(C1)C(=O)CC1(C)C(C(C)N(C)C)[C@H](O)C[C@@]21C. The van der Waals surface area contributed by atoms with Gasteiger partial charge >= 0.3 is 0 Å². The van der Waals surface area contributed by atoms with Crippen molar-refractivity contribution in [1.82, 2.24) is 10.2 Å². The van der Waals surface area contributed by atoms with Crippen molar-refractivity contribution >= 4 is 5.78 Å². The van der Waals surface area contributed by atoms with Gasteiger partial charge in [0.25, 0.3) is 0 Å². The summed E-state index contributed by atoms with van der Waals surface area (Å²) in [4.78, 5) is 16.0. The fourth-order valence-corrected chi connectivity index (χ4v) is 8.67. The quantitative estimate of drug-likeness (QED) is 0.266. The molecule has 3 aliphatic rings. The Morgan fingerprint density at radius 1 is 1.22 bits per heavy atom. The molecule has 6 heteroatoms. The van der Waals surface area contributed by atoms with Gasteiger partial charge in [0, 0.05) is 35.8 Å². The highest BCUT2D eigenvalue weighted by Crippen LogP contribution is 2.69. The number of Topliss-reactive ketones (excluding diaryl/α,β-unsaturated/α-hetero) is 1. The second-order valence-corrected chi connectivity index (χ2v) is 13.8. The predicted octanol–water partition coefficient (Wildman–Crippen LogP) is 3.84. The average molecular weight is 507 g/mol. The fourth-order valence-electron chi connectivity index (χ4n) is 8.67. The van der Waals surface area contributed by atoms with Crippen molar-refractivity contribution in [1.29, 1.82) is 0 Å². The number of rotatable bonds is 10. The first kappa shape index (κ1) is 29.8. The predicted molar refractivity (Wildman–Crippen MR) is 145 cm³/mol. The number of carbonyl (C=O) groups excluding carboxylic acids is 1. The van der Waals surface area contributed by atoms with Gasteiger partial charge in [0.2, 0.25) is 0 Å². The Hall–Kier alpha value is -0.790. The monoisotopic (exact) mass is 506 g/mol. The standard InChI is InChI=1S/C30H54N2O4/c1-10-11-25(31-27(36)18(2)3)28(5,17-33)20-12-13-22-21(14-20)23(34)15-30(7)26(19(4)32(8)9)24(35)16-29(22,30)6/h10,18-22,24-27,31,33,35-36H,1,11-17H2,2-9H3/t19?,20-,21?,22?,24-,25?,26?,27?,28+,29+,30?/m1/s1. The fraction of sp³-hybridized carbons (Fsp3) is 0.900. The number of nitrogens with zero attached hydrogens (tertiary/aromatic N) is 1. The van der Waals surface area contributed by atoms with Gasteiger partial charge in [0.15, 0.2) is 0 Å². The lowest BCUT2D eigenvalue weighted by molar-refractivity contribution is -0.156. The normalized spacial score (nSPS) is 40.9. The summed E-state index contributed by atoms with van der Waals surface area (Å²) in [5, 5.41) is 36.0. The molecular formula is C30H54N2O4. The van der Waals surface area contributed by atoms with E-state index < -0.39 is 17.7 Å². The van der Waals surface area contributed by atoms with E-state index in [9.17, 15) is 20.1 Å². The summed E-state index contributed by atoms with van der Waals surface area (Å²) in [6.07, 6.45) is 5.35. The van der Waals surface area contributed by atoms with Gasteiger partial charge in [-0.25, -0.2) is 0 Å². The Kier molecular flexibility index (Phi) is 8.90.